The van der Waals surface area contributed by atoms with Gasteiger partial charge in [-0.1, -0.05) is 11.2 Å². The summed E-state index contributed by atoms with van der Waals surface area (Å²) in [5, 5.41) is 13.5. The predicted octanol–water partition coefficient (Wildman–Crippen LogP) is 1.49. The van der Waals surface area contributed by atoms with Crippen molar-refractivity contribution in [1.29, 1.82) is 0 Å². The molecule has 2 aromatic heterocycles. The van der Waals surface area contributed by atoms with Crippen LogP contribution in [0.4, 0.5) is 5.82 Å². The molecule has 13 heteroatoms. The van der Waals surface area contributed by atoms with Crippen LogP contribution in [0, 0.1) is 12.3 Å². The first-order valence-electron chi connectivity index (χ1n) is 10.8. The summed E-state index contributed by atoms with van der Waals surface area (Å²) < 4.78 is 41.0. The molecule has 2 aromatic carbocycles. The molecule has 12 nitrogen and oxygen atoms in total. The maximum Gasteiger partial charge on any atom is 0.295 e. The summed E-state index contributed by atoms with van der Waals surface area (Å²) in [6.07, 6.45) is 8.40. The second-order valence-corrected chi connectivity index (χ2v) is 9.47. The number of hydrogen-bond acceptors (Lipinski definition) is 8. The van der Waals surface area contributed by atoms with E-state index in [1.165, 1.54) is 38.4 Å². The first-order chi connectivity index (χ1) is 17.7. The molecule has 37 heavy (non-hydrogen) atoms. The molecule has 2 amide bonds. The van der Waals surface area contributed by atoms with Crippen LogP contribution in [-0.2, 0) is 27.9 Å². The lowest BCUT2D eigenvalue weighted by atomic mass is 10.1. The lowest BCUT2D eigenvalue weighted by Crippen LogP contribution is -2.20. The van der Waals surface area contributed by atoms with Crippen molar-refractivity contribution in [2.75, 3.05) is 18.9 Å². The molecular formula is C24H22N6O6S. The Balaban J connectivity index is 1.58. The number of carbonyl (C=O) groups excluding carboxylic acids is 2. The number of terminal acetylenes is 1. The summed E-state index contributed by atoms with van der Waals surface area (Å²) in [5.41, 5.74) is 1.99. The predicted molar refractivity (Wildman–Crippen MR) is 133 cm³/mol. The Labute approximate surface area is 212 Å². The zero-order chi connectivity index (χ0) is 26.6. The molecule has 0 unspecified atom stereocenters. The van der Waals surface area contributed by atoms with E-state index in [9.17, 15) is 18.0 Å². The summed E-state index contributed by atoms with van der Waals surface area (Å²) >= 11 is 0. The van der Waals surface area contributed by atoms with Crippen molar-refractivity contribution in [2.45, 2.75) is 18.0 Å². The molecule has 4 aromatic rings. The number of hydrogen-bond donors (Lipinski definition) is 3. The van der Waals surface area contributed by atoms with Crippen LogP contribution in [0.1, 0.15) is 21.5 Å². The molecule has 0 saturated heterocycles. The highest BCUT2D eigenvalue weighted by Crippen LogP contribution is 2.35. The zero-order valence-corrected chi connectivity index (χ0v) is 20.6. The van der Waals surface area contributed by atoms with Gasteiger partial charge in [-0.25, -0.2) is 8.42 Å². The molecule has 0 radical (unpaired) electrons. The number of ether oxygens (including phenoxy) is 1. The Kier molecular flexibility index (Phi) is 7.12. The number of nitrogens with zero attached hydrogens (tertiary/aromatic N) is 3. The fourth-order valence-electron chi connectivity index (χ4n) is 3.55. The van der Waals surface area contributed by atoms with Gasteiger partial charge in [-0.05, 0) is 41.8 Å². The lowest BCUT2D eigenvalue weighted by Gasteiger charge is -2.09. The highest BCUT2D eigenvalue weighted by atomic mass is 32.2. The van der Waals surface area contributed by atoms with Crippen LogP contribution >= 0.6 is 0 Å². The SMILES string of the molecule is C#CC(=O)NCc1cnn(Cc2cc(OC)c3c(NS(=O)(=O)c4cccc(C(=O)NC)c4)noc3c2)c1. The topological polar surface area (TPSA) is 157 Å². The van der Waals surface area contributed by atoms with E-state index in [0.717, 1.165) is 11.1 Å². The summed E-state index contributed by atoms with van der Waals surface area (Å²) in [7, 11) is -1.20. The average molecular weight is 523 g/mol. The minimum absolute atomic E-state index is 0.0608. The first kappa shape index (κ1) is 25.3. The maximum absolute atomic E-state index is 13.0. The number of fused-ring (bicyclic) bond motifs is 1. The van der Waals surface area contributed by atoms with E-state index in [1.54, 1.807) is 29.2 Å². The van der Waals surface area contributed by atoms with Crippen LogP contribution in [-0.4, -0.2) is 49.3 Å². The summed E-state index contributed by atoms with van der Waals surface area (Å²) in [4.78, 5) is 23.0. The fourth-order valence-corrected chi connectivity index (χ4v) is 4.60. The average Bonchev–Trinajstić information content (AvgIpc) is 3.52. The van der Waals surface area contributed by atoms with Gasteiger partial charge in [0.15, 0.2) is 11.4 Å². The molecule has 0 aliphatic carbocycles. The zero-order valence-electron chi connectivity index (χ0n) is 19.8. The van der Waals surface area contributed by atoms with Crippen LogP contribution in [0.5, 0.6) is 5.75 Å². The third kappa shape index (κ3) is 5.54. The normalized spacial score (nSPS) is 11.1. The van der Waals surface area contributed by atoms with Crippen LogP contribution < -0.4 is 20.1 Å². The van der Waals surface area contributed by atoms with Crippen molar-refractivity contribution in [2.24, 2.45) is 0 Å². The van der Waals surface area contributed by atoms with E-state index >= 15 is 0 Å². The summed E-state index contributed by atoms with van der Waals surface area (Å²) in [6, 6.07) is 9.00. The van der Waals surface area contributed by atoms with Gasteiger partial charge < -0.3 is 19.9 Å². The Bertz CT molecular complexity index is 1630. The largest absolute Gasteiger partial charge is 0.496 e. The van der Waals surface area contributed by atoms with Crippen LogP contribution in [0.2, 0.25) is 0 Å². The molecule has 0 aliphatic heterocycles. The van der Waals surface area contributed by atoms with Gasteiger partial charge in [0.25, 0.3) is 21.8 Å². The number of carbonyl (C=O) groups is 2. The number of anilines is 1. The second kappa shape index (κ2) is 10.4. The van der Waals surface area contributed by atoms with Crippen LogP contribution in [0.3, 0.4) is 0 Å². The maximum atomic E-state index is 13.0. The minimum atomic E-state index is -4.10. The molecule has 0 bridgehead atoms. The highest BCUT2D eigenvalue weighted by Gasteiger charge is 2.22. The smallest absolute Gasteiger partial charge is 0.295 e. The lowest BCUT2D eigenvalue weighted by molar-refractivity contribution is -0.115. The van der Waals surface area contributed by atoms with Crippen molar-refractivity contribution in [1.82, 2.24) is 25.6 Å². The summed E-state index contributed by atoms with van der Waals surface area (Å²) in [5.74, 6) is 1.32. The number of methoxy groups -OCH3 is 1. The third-order valence-electron chi connectivity index (χ3n) is 5.30. The third-order valence-corrected chi connectivity index (χ3v) is 6.63. The van der Waals surface area contributed by atoms with E-state index in [0.29, 0.717) is 23.3 Å². The van der Waals surface area contributed by atoms with Crippen LogP contribution in [0.25, 0.3) is 11.0 Å². The number of sulfonamides is 1. The number of nitrogens with one attached hydrogen (secondary N) is 3. The Morgan fingerprint density at radius 1 is 1.22 bits per heavy atom. The van der Waals surface area contributed by atoms with Crippen molar-refractivity contribution in [3.8, 4) is 18.1 Å². The number of benzene rings is 2. The van der Waals surface area contributed by atoms with Crippen molar-refractivity contribution in [3.05, 3.63) is 65.5 Å². The fraction of sp³-hybridized carbons (Fsp3) is 0.167. The van der Waals surface area contributed by atoms with Gasteiger partial charge in [0.2, 0.25) is 0 Å². The van der Waals surface area contributed by atoms with E-state index in [1.807, 2.05) is 5.92 Å². The number of amides is 2. The van der Waals surface area contributed by atoms with Gasteiger partial charge in [-0.15, -0.1) is 6.42 Å². The minimum Gasteiger partial charge on any atom is -0.496 e. The van der Waals surface area contributed by atoms with Gasteiger partial charge >= 0.3 is 0 Å². The molecule has 0 atom stereocenters. The molecule has 0 aliphatic rings. The highest BCUT2D eigenvalue weighted by molar-refractivity contribution is 7.92. The molecule has 3 N–H and O–H groups in total. The van der Waals surface area contributed by atoms with Crippen LogP contribution in [0.15, 0.2) is 58.2 Å². The monoisotopic (exact) mass is 522 g/mol. The standard InChI is InChI=1S/C24H22N6O6S/c1-4-21(31)26-11-16-12-27-30(14-16)13-15-8-19(35-3)22-20(9-15)36-28-23(22)29-37(33,34)18-7-5-6-17(10-18)24(32)25-2/h1,5-10,12,14H,11,13H2,2-3H3,(H,25,32)(H,26,31)(H,28,29). The van der Waals surface area contributed by atoms with Gasteiger partial charge in [0.1, 0.15) is 11.1 Å². The van der Waals surface area contributed by atoms with Crippen molar-refractivity contribution >= 4 is 38.6 Å². The van der Waals surface area contributed by atoms with E-state index in [-0.39, 0.29) is 22.8 Å². The second-order valence-electron chi connectivity index (χ2n) is 7.79. The summed E-state index contributed by atoms with van der Waals surface area (Å²) in [6.45, 7) is 0.576. The van der Waals surface area contributed by atoms with Gasteiger partial charge in [0, 0.05) is 30.9 Å². The molecule has 0 spiro atoms. The van der Waals surface area contributed by atoms with Gasteiger partial charge in [-0.3, -0.25) is 19.0 Å². The molecule has 0 fully saturated rings. The Morgan fingerprint density at radius 3 is 2.76 bits per heavy atom. The molecule has 190 valence electrons. The first-order valence-corrected chi connectivity index (χ1v) is 12.3. The van der Waals surface area contributed by atoms with Crippen molar-refractivity contribution < 1.29 is 27.3 Å². The van der Waals surface area contributed by atoms with Gasteiger partial charge in [-0.2, -0.15) is 5.10 Å². The molecule has 4 rings (SSSR count). The van der Waals surface area contributed by atoms with Gasteiger partial charge in [0.05, 0.1) is 24.7 Å². The molecular weight excluding hydrogens is 500 g/mol. The Morgan fingerprint density at radius 2 is 2.03 bits per heavy atom. The van der Waals surface area contributed by atoms with E-state index in [4.69, 9.17) is 15.7 Å². The van der Waals surface area contributed by atoms with Crippen molar-refractivity contribution in [3.63, 3.8) is 0 Å². The van der Waals surface area contributed by atoms with E-state index < -0.39 is 21.8 Å². The Hall–Kier alpha value is -4.83. The molecule has 0 saturated carbocycles. The quantitative estimate of drug-likeness (QED) is 0.279. The number of rotatable bonds is 9. The number of aromatic nitrogens is 3. The molecule has 2 heterocycles. The van der Waals surface area contributed by atoms with E-state index in [2.05, 4.69) is 25.6 Å².